The summed E-state index contributed by atoms with van der Waals surface area (Å²) in [7, 11) is -2.23. The zero-order chi connectivity index (χ0) is 31.6. The predicted molar refractivity (Wildman–Crippen MR) is 174 cm³/mol. The van der Waals surface area contributed by atoms with Crippen LogP contribution >= 0.6 is 34.8 Å². The van der Waals surface area contributed by atoms with E-state index in [2.05, 4.69) is 5.32 Å². The minimum atomic E-state index is -3.70. The summed E-state index contributed by atoms with van der Waals surface area (Å²) in [6, 6.07) is 18.3. The van der Waals surface area contributed by atoms with E-state index in [0.29, 0.717) is 33.6 Å². The Balaban J connectivity index is 1.92. The molecule has 2 amide bonds. The minimum Gasteiger partial charge on any atom is -0.495 e. The molecular formula is C31H36Cl3N3O5S. The summed E-state index contributed by atoms with van der Waals surface area (Å²) in [4.78, 5) is 28.9. The topological polar surface area (TPSA) is 96.0 Å². The molecule has 0 fully saturated rings. The number of nitrogens with zero attached hydrogens (tertiary/aromatic N) is 2. The summed E-state index contributed by atoms with van der Waals surface area (Å²) >= 11 is 19.2. The highest BCUT2D eigenvalue weighted by molar-refractivity contribution is 7.92. The van der Waals surface area contributed by atoms with Gasteiger partial charge in [-0.3, -0.25) is 13.9 Å². The van der Waals surface area contributed by atoms with Crippen LogP contribution in [-0.2, 0) is 32.6 Å². The molecule has 232 valence electrons. The lowest BCUT2D eigenvalue weighted by molar-refractivity contribution is -0.141. The number of anilines is 1. The Labute approximate surface area is 268 Å². The summed E-state index contributed by atoms with van der Waals surface area (Å²) in [6.07, 6.45) is 2.22. The summed E-state index contributed by atoms with van der Waals surface area (Å²) in [5.74, 6) is -0.230. The zero-order valence-corrected chi connectivity index (χ0v) is 27.4. The molecule has 0 saturated heterocycles. The van der Waals surface area contributed by atoms with E-state index >= 15 is 0 Å². The maximum Gasteiger partial charge on any atom is 0.243 e. The number of carbonyl (C=O) groups excluding carboxylic acids is 2. The summed E-state index contributed by atoms with van der Waals surface area (Å²) in [5.41, 5.74) is 1.74. The highest BCUT2D eigenvalue weighted by Gasteiger charge is 2.31. The lowest BCUT2D eigenvalue weighted by Gasteiger charge is -2.32. The van der Waals surface area contributed by atoms with E-state index in [-0.39, 0.29) is 49.2 Å². The molecular weight excluding hydrogens is 633 g/mol. The molecule has 43 heavy (non-hydrogen) atoms. The number of amides is 2. The average Bonchev–Trinajstić information content (AvgIpc) is 2.97. The zero-order valence-electron chi connectivity index (χ0n) is 24.4. The molecule has 0 saturated carbocycles. The van der Waals surface area contributed by atoms with Crippen molar-refractivity contribution in [2.45, 2.75) is 45.2 Å². The fourth-order valence-corrected chi connectivity index (χ4v) is 6.31. The molecule has 3 aromatic carbocycles. The van der Waals surface area contributed by atoms with Crippen LogP contribution in [0.4, 0.5) is 5.69 Å². The van der Waals surface area contributed by atoms with Crippen molar-refractivity contribution in [2.75, 3.05) is 30.8 Å². The molecule has 1 atom stereocenters. The number of nitrogens with one attached hydrogen (secondary N) is 1. The maximum absolute atomic E-state index is 13.9. The number of hydrogen-bond acceptors (Lipinski definition) is 5. The van der Waals surface area contributed by atoms with Crippen molar-refractivity contribution in [3.8, 4) is 5.75 Å². The van der Waals surface area contributed by atoms with Gasteiger partial charge in [0.05, 0.1) is 24.1 Å². The van der Waals surface area contributed by atoms with Gasteiger partial charge in [-0.25, -0.2) is 8.42 Å². The van der Waals surface area contributed by atoms with Gasteiger partial charge in [-0.2, -0.15) is 0 Å². The van der Waals surface area contributed by atoms with Crippen molar-refractivity contribution < 1.29 is 22.7 Å². The van der Waals surface area contributed by atoms with Crippen LogP contribution in [0, 0.1) is 0 Å². The molecule has 8 nitrogen and oxygen atoms in total. The lowest BCUT2D eigenvalue weighted by Crippen LogP contribution is -2.50. The molecule has 0 heterocycles. The first-order valence-electron chi connectivity index (χ1n) is 13.8. The minimum absolute atomic E-state index is 0.00172. The van der Waals surface area contributed by atoms with Crippen molar-refractivity contribution >= 4 is 62.3 Å². The first kappa shape index (κ1) is 34.5. The summed E-state index contributed by atoms with van der Waals surface area (Å²) in [5, 5.41) is 3.93. The van der Waals surface area contributed by atoms with E-state index in [1.807, 2.05) is 37.3 Å². The number of ether oxygens (including phenoxy) is 1. The monoisotopic (exact) mass is 667 g/mol. The summed E-state index contributed by atoms with van der Waals surface area (Å²) < 4.78 is 31.8. The quantitative estimate of drug-likeness (QED) is 0.203. The Morgan fingerprint density at radius 1 is 0.953 bits per heavy atom. The van der Waals surface area contributed by atoms with Gasteiger partial charge < -0.3 is 15.0 Å². The number of rotatable bonds is 15. The molecule has 0 radical (unpaired) electrons. The van der Waals surface area contributed by atoms with E-state index in [9.17, 15) is 18.0 Å². The van der Waals surface area contributed by atoms with Crippen LogP contribution in [-0.4, -0.2) is 57.6 Å². The molecule has 0 aliphatic carbocycles. The van der Waals surface area contributed by atoms with Crippen LogP contribution in [0.15, 0.2) is 66.7 Å². The van der Waals surface area contributed by atoms with Crippen LogP contribution in [0.25, 0.3) is 0 Å². The van der Waals surface area contributed by atoms with Crippen LogP contribution in [0.5, 0.6) is 5.75 Å². The first-order chi connectivity index (χ1) is 20.5. The third-order valence-electron chi connectivity index (χ3n) is 6.79. The second kappa shape index (κ2) is 16.2. The third kappa shape index (κ3) is 9.76. The van der Waals surface area contributed by atoms with Gasteiger partial charge in [-0.05, 0) is 48.7 Å². The molecule has 0 spiro atoms. The smallest absolute Gasteiger partial charge is 0.243 e. The molecule has 3 rings (SSSR count). The number of carbonyl (C=O) groups is 2. The fourth-order valence-electron chi connectivity index (χ4n) is 4.59. The Morgan fingerprint density at radius 3 is 2.21 bits per heavy atom. The fraction of sp³-hybridized carbons (Fsp3) is 0.355. The van der Waals surface area contributed by atoms with Crippen LogP contribution in [0.3, 0.4) is 0 Å². The molecule has 1 N–H and O–H groups in total. The Kier molecular flexibility index (Phi) is 13.0. The largest absolute Gasteiger partial charge is 0.495 e. The van der Waals surface area contributed by atoms with Gasteiger partial charge in [0.1, 0.15) is 11.8 Å². The van der Waals surface area contributed by atoms with Gasteiger partial charge in [-0.1, -0.05) is 78.1 Å². The van der Waals surface area contributed by atoms with Gasteiger partial charge in [0.15, 0.2) is 0 Å². The van der Waals surface area contributed by atoms with Crippen molar-refractivity contribution in [3.63, 3.8) is 0 Å². The number of sulfonamides is 1. The van der Waals surface area contributed by atoms with Gasteiger partial charge >= 0.3 is 0 Å². The van der Waals surface area contributed by atoms with Crippen molar-refractivity contribution in [1.82, 2.24) is 10.2 Å². The molecule has 0 aromatic heterocycles. The molecule has 0 aliphatic heterocycles. The number of halogens is 3. The van der Waals surface area contributed by atoms with E-state index in [1.54, 1.807) is 30.3 Å². The van der Waals surface area contributed by atoms with E-state index in [4.69, 9.17) is 39.5 Å². The molecule has 0 bridgehead atoms. The van der Waals surface area contributed by atoms with Crippen LogP contribution in [0.2, 0.25) is 15.1 Å². The Morgan fingerprint density at radius 2 is 1.63 bits per heavy atom. The maximum atomic E-state index is 13.9. The van der Waals surface area contributed by atoms with Crippen molar-refractivity contribution in [3.05, 3.63) is 92.9 Å². The van der Waals surface area contributed by atoms with Gasteiger partial charge in [0.25, 0.3) is 0 Å². The molecule has 0 unspecified atom stereocenters. The Bertz CT molecular complexity index is 1490. The first-order valence-corrected chi connectivity index (χ1v) is 16.8. The van der Waals surface area contributed by atoms with Crippen LogP contribution < -0.4 is 14.4 Å². The van der Waals surface area contributed by atoms with Gasteiger partial charge in [0, 0.05) is 48.1 Å². The van der Waals surface area contributed by atoms with Crippen molar-refractivity contribution in [2.24, 2.45) is 0 Å². The number of hydrogen-bond donors (Lipinski definition) is 1. The highest BCUT2D eigenvalue weighted by Crippen LogP contribution is 2.31. The summed E-state index contributed by atoms with van der Waals surface area (Å²) in [6.45, 7) is 2.41. The molecule has 3 aromatic rings. The van der Waals surface area contributed by atoms with Gasteiger partial charge in [-0.15, -0.1) is 0 Å². The standard InChI is InChI=1S/C31H36Cl3N3O5S/c1-4-17-35-31(39)28(19-22-10-6-5-7-11-22)36(21-24-25(32)12-8-13-26(24)33)30(38)14-9-18-37(43(3,40)41)23-15-16-29(42-2)27(34)20-23/h5-8,10-13,15-16,20,28H,4,9,14,17-19,21H2,1-3H3,(H,35,39)/t28-/m0/s1. The highest BCUT2D eigenvalue weighted by atomic mass is 35.5. The van der Waals surface area contributed by atoms with Crippen molar-refractivity contribution in [1.29, 1.82) is 0 Å². The van der Waals surface area contributed by atoms with Gasteiger partial charge in [0.2, 0.25) is 21.8 Å². The third-order valence-corrected chi connectivity index (χ3v) is 8.98. The van der Waals surface area contributed by atoms with E-state index < -0.39 is 16.1 Å². The SMILES string of the molecule is CCCNC(=O)[C@H](Cc1ccccc1)N(Cc1c(Cl)cccc1Cl)C(=O)CCCN(c1ccc(OC)c(Cl)c1)S(C)(=O)=O. The Hall–Kier alpha value is -2.98. The lowest BCUT2D eigenvalue weighted by atomic mass is 10.0. The van der Waals surface area contributed by atoms with E-state index in [0.717, 1.165) is 18.2 Å². The van der Waals surface area contributed by atoms with E-state index in [1.165, 1.54) is 22.4 Å². The number of benzene rings is 3. The molecule has 0 aliphatic rings. The van der Waals surface area contributed by atoms with Crippen LogP contribution in [0.1, 0.15) is 37.3 Å². The second-order valence-corrected chi connectivity index (χ2v) is 13.1. The normalized spacial score (nSPS) is 12.0. The predicted octanol–water partition coefficient (Wildman–Crippen LogP) is 6.37. The average molecular weight is 669 g/mol. The second-order valence-electron chi connectivity index (χ2n) is 9.98. The number of methoxy groups -OCH3 is 1. The molecule has 12 heteroatoms.